The van der Waals surface area contributed by atoms with Gasteiger partial charge in [0.15, 0.2) is 0 Å². The van der Waals surface area contributed by atoms with Crippen molar-refractivity contribution in [2.45, 2.75) is 58.2 Å². The van der Waals surface area contributed by atoms with Crippen LogP contribution in [0.25, 0.3) is 0 Å². The maximum atomic E-state index is 6.51. The zero-order valence-electron chi connectivity index (χ0n) is 13.8. The Hall–Kier alpha value is -0.420. The third-order valence-corrected chi connectivity index (χ3v) is 5.74. The highest BCUT2D eigenvalue weighted by atomic mass is 32.1. The summed E-state index contributed by atoms with van der Waals surface area (Å²) in [6.07, 6.45) is 3.73. The van der Waals surface area contributed by atoms with E-state index >= 15 is 0 Å². The van der Waals surface area contributed by atoms with Crippen molar-refractivity contribution in [3.05, 3.63) is 21.9 Å². The van der Waals surface area contributed by atoms with Crippen LogP contribution in [-0.4, -0.2) is 37.2 Å². The van der Waals surface area contributed by atoms with Crippen molar-refractivity contribution in [3.63, 3.8) is 0 Å². The molecule has 1 fully saturated rings. The quantitative estimate of drug-likeness (QED) is 0.757. The molecule has 2 N–H and O–H groups in total. The SMILES string of the molecule is CCC(N)C(c1ccc(C)s1)N(CCOC)C(C)C1CC1. The Morgan fingerprint density at radius 3 is 2.62 bits per heavy atom. The highest BCUT2D eigenvalue weighted by Crippen LogP contribution is 2.40. The Kier molecular flexibility index (Phi) is 6.23. The predicted octanol–water partition coefficient (Wildman–Crippen LogP) is 3.58. The molecule has 3 atom stereocenters. The first-order chi connectivity index (χ1) is 10.1. The molecule has 1 saturated carbocycles. The van der Waals surface area contributed by atoms with E-state index in [0.29, 0.717) is 12.1 Å². The van der Waals surface area contributed by atoms with Crippen molar-refractivity contribution in [1.29, 1.82) is 0 Å². The molecule has 120 valence electrons. The average molecular weight is 311 g/mol. The molecule has 0 spiro atoms. The second-order valence-electron chi connectivity index (χ2n) is 6.27. The maximum Gasteiger partial charge on any atom is 0.0596 e. The molecule has 1 aromatic heterocycles. The van der Waals surface area contributed by atoms with Gasteiger partial charge < -0.3 is 10.5 Å². The summed E-state index contributed by atoms with van der Waals surface area (Å²) in [6, 6.07) is 5.57. The van der Waals surface area contributed by atoms with Crippen LogP contribution in [0.2, 0.25) is 0 Å². The number of hydrogen-bond acceptors (Lipinski definition) is 4. The summed E-state index contributed by atoms with van der Waals surface area (Å²) < 4.78 is 5.35. The molecule has 0 aromatic carbocycles. The van der Waals surface area contributed by atoms with Crippen LogP contribution in [0.15, 0.2) is 12.1 Å². The second kappa shape index (κ2) is 7.73. The Morgan fingerprint density at radius 1 is 1.43 bits per heavy atom. The molecule has 0 saturated heterocycles. The van der Waals surface area contributed by atoms with E-state index in [9.17, 15) is 0 Å². The largest absolute Gasteiger partial charge is 0.383 e. The summed E-state index contributed by atoms with van der Waals surface area (Å²) in [5, 5.41) is 0. The summed E-state index contributed by atoms with van der Waals surface area (Å²) in [5.41, 5.74) is 6.51. The van der Waals surface area contributed by atoms with Crippen LogP contribution in [0.5, 0.6) is 0 Å². The Labute approximate surface area is 133 Å². The Balaban J connectivity index is 2.24. The molecular formula is C17H30N2OS. The van der Waals surface area contributed by atoms with Crippen LogP contribution in [0, 0.1) is 12.8 Å². The van der Waals surface area contributed by atoms with Crippen LogP contribution in [0.1, 0.15) is 48.9 Å². The van der Waals surface area contributed by atoms with Gasteiger partial charge in [-0.3, -0.25) is 4.90 Å². The van der Waals surface area contributed by atoms with Crippen LogP contribution < -0.4 is 5.73 Å². The average Bonchev–Trinajstić information content (AvgIpc) is 3.24. The van der Waals surface area contributed by atoms with Gasteiger partial charge in [-0.2, -0.15) is 0 Å². The van der Waals surface area contributed by atoms with Crippen molar-refractivity contribution < 1.29 is 4.74 Å². The molecule has 1 aliphatic carbocycles. The molecule has 1 heterocycles. The summed E-state index contributed by atoms with van der Waals surface area (Å²) >= 11 is 1.89. The van der Waals surface area contributed by atoms with Gasteiger partial charge in [0, 0.05) is 35.5 Å². The van der Waals surface area contributed by atoms with Crippen molar-refractivity contribution in [2.75, 3.05) is 20.3 Å². The van der Waals surface area contributed by atoms with Crippen LogP contribution in [0.3, 0.4) is 0 Å². The number of rotatable bonds is 9. The van der Waals surface area contributed by atoms with Gasteiger partial charge in [0.2, 0.25) is 0 Å². The Morgan fingerprint density at radius 2 is 2.14 bits per heavy atom. The normalized spacial score (nSPS) is 19.7. The summed E-state index contributed by atoms with van der Waals surface area (Å²) in [4.78, 5) is 5.37. The van der Waals surface area contributed by atoms with E-state index in [1.165, 1.54) is 22.6 Å². The number of nitrogens with zero attached hydrogens (tertiary/aromatic N) is 1. The van der Waals surface area contributed by atoms with Crippen LogP contribution in [-0.2, 0) is 4.74 Å². The lowest BCUT2D eigenvalue weighted by Gasteiger charge is -2.39. The van der Waals surface area contributed by atoms with E-state index in [1.807, 2.05) is 11.3 Å². The minimum atomic E-state index is 0.182. The van der Waals surface area contributed by atoms with Gasteiger partial charge in [0.1, 0.15) is 0 Å². The summed E-state index contributed by atoms with van der Waals surface area (Å²) in [7, 11) is 1.78. The number of thiophene rings is 1. The fourth-order valence-corrected chi connectivity index (χ4v) is 4.17. The van der Waals surface area contributed by atoms with Crippen molar-refractivity contribution >= 4 is 11.3 Å². The van der Waals surface area contributed by atoms with Gasteiger partial charge >= 0.3 is 0 Å². The standard InChI is InChI=1S/C17H30N2OS/c1-5-15(18)17(16-9-6-12(2)21-16)19(10-11-20-4)13(3)14-7-8-14/h6,9,13-15,17H,5,7-8,10-11,18H2,1-4H3. The van der Waals surface area contributed by atoms with Gasteiger partial charge in [-0.25, -0.2) is 0 Å². The van der Waals surface area contributed by atoms with Gasteiger partial charge in [-0.15, -0.1) is 11.3 Å². The molecule has 0 amide bonds. The zero-order valence-corrected chi connectivity index (χ0v) is 14.7. The molecule has 4 heteroatoms. The zero-order chi connectivity index (χ0) is 15.4. The number of ether oxygens (including phenoxy) is 1. The Bertz CT molecular complexity index is 430. The molecular weight excluding hydrogens is 280 g/mol. The highest BCUT2D eigenvalue weighted by molar-refractivity contribution is 7.12. The van der Waals surface area contributed by atoms with Gasteiger partial charge in [0.05, 0.1) is 12.6 Å². The molecule has 0 radical (unpaired) electrons. The first-order valence-corrected chi connectivity index (χ1v) is 8.96. The lowest BCUT2D eigenvalue weighted by molar-refractivity contribution is 0.0703. The first-order valence-electron chi connectivity index (χ1n) is 8.15. The van der Waals surface area contributed by atoms with E-state index in [1.54, 1.807) is 7.11 Å². The summed E-state index contributed by atoms with van der Waals surface area (Å²) in [6.45, 7) is 8.46. The van der Waals surface area contributed by atoms with Crippen molar-refractivity contribution in [3.8, 4) is 0 Å². The minimum absolute atomic E-state index is 0.182. The predicted molar refractivity (Wildman–Crippen MR) is 90.8 cm³/mol. The number of hydrogen-bond donors (Lipinski definition) is 1. The first kappa shape index (κ1) is 16.9. The monoisotopic (exact) mass is 310 g/mol. The van der Waals surface area contributed by atoms with E-state index in [4.69, 9.17) is 10.5 Å². The fourth-order valence-electron chi connectivity index (χ4n) is 3.10. The smallest absolute Gasteiger partial charge is 0.0596 e. The maximum absolute atomic E-state index is 6.51. The van der Waals surface area contributed by atoms with E-state index in [-0.39, 0.29) is 6.04 Å². The molecule has 3 nitrogen and oxygen atoms in total. The van der Waals surface area contributed by atoms with E-state index in [2.05, 4.69) is 37.8 Å². The van der Waals surface area contributed by atoms with Gasteiger partial charge in [-0.1, -0.05) is 6.92 Å². The fraction of sp³-hybridized carbons (Fsp3) is 0.765. The van der Waals surface area contributed by atoms with E-state index < -0.39 is 0 Å². The second-order valence-corrected chi connectivity index (χ2v) is 7.59. The molecule has 0 aliphatic heterocycles. The highest BCUT2D eigenvalue weighted by Gasteiger charge is 2.37. The summed E-state index contributed by atoms with van der Waals surface area (Å²) in [5.74, 6) is 0.842. The third kappa shape index (κ3) is 4.28. The molecule has 1 aliphatic rings. The van der Waals surface area contributed by atoms with Gasteiger partial charge in [0.25, 0.3) is 0 Å². The molecule has 0 bridgehead atoms. The van der Waals surface area contributed by atoms with Crippen LogP contribution >= 0.6 is 11.3 Å². The number of aryl methyl sites for hydroxylation is 1. The number of nitrogens with two attached hydrogens (primary N) is 1. The lowest BCUT2D eigenvalue weighted by Crippen LogP contribution is -2.47. The number of methoxy groups -OCH3 is 1. The molecule has 2 rings (SSSR count). The van der Waals surface area contributed by atoms with Crippen LogP contribution in [0.4, 0.5) is 0 Å². The van der Waals surface area contributed by atoms with E-state index in [0.717, 1.165) is 25.5 Å². The molecule has 21 heavy (non-hydrogen) atoms. The van der Waals surface area contributed by atoms with Crippen molar-refractivity contribution in [1.82, 2.24) is 4.90 Å². The van der Waals surface area contributed by atoms with Crippen molar-refractivity contribution in [2.24, 2.45) is 11.7 Å². The topological polar surface area (TPSA) is 38.5 Å². The third-order valence-electron chi connectivity index (χ3n) is 4.67. The molecule has 3 unspecified atom stereocenters. The lowest BCUT2D eigenvalue weighted by atomic mass is 9.99. The molecule has 1 aromatic rings. The van der Waals surface area contributed by atoms with Gasteiger partial charge in [-0.05, 0) is 51.2 Å². The minimum Gasteiger partial charge on any atom is -0.383 e.